The molecule has 0 aromatic rings. The van der Waals surface area contributed by atoms with Crippen molar-refractivity contribution in [2.45, 2.75) is 60.2 Å². The minimum atomic E-state index is -0.00384. The van der Waals surface area contributed by atoms with Crippen molar-refractivity contribution >= 4 is 5.91 Å². The lowest BCUT2D eigenvalue weighted by Gasteiger charge is -2.28. The molecule has 1 N–H and O–H groups in total. The smallest absolute Gasteiger partial charge is 0.241 e. The van der Waals surface area contributed by atoms with Crippen LogP contribution in [0.3, 0.4) is 0 Å². The van der Waals surface area contributed by atoms with Gasteiger partial charge in [-0.05, 0) is 37.9 Å². The molecule has 1 aliphatic heterocycles. The maximum Gasteiger partial charge on any atom is 0.241 e. The molecule has 0 aromatic heterocycles. The molecule has 0 radical (unpaired) electrons. The normalized spacial score (nSPS) is 23.6. The molecule has 20 heavy (non-hydrogen) atoms. The summed E-state index contributed by atoms with van der Waals surface area (Å²) in [6.07, 6.45) is 1.26. The zero-order valence-electron chi connectivity index (χ0n) is 14.1. The van der Waals surface area contributed by atoms with Crippen LogP contribution in [0.4, 0.5) is 0 Å². The van der Waals surface area contributed by atoms with Crippen molar-refractivity contribution in [2.24, 2.45) is 11.8 Å². The molecule has 0 aliphatic carbocycles. The van der Waals surface area contributed by atoms with Gasteiger partial charge < -0.3 is 9.80 Å². The topological polar surface area (TPSA) is 35.6 Å². The second kappa shape index (κ2) is 7.99. The lowest BCUT2D eigenvalue weighted by Crippen LogP contribution is -2.42. The molecular weight excluding hydrogens is 250 g/mol. The van der Waals surface area contributed by atoms with Gasteiger partial charge in [0.25, 0.3) is 0 Å². The maximum absolute atomic E-state index is 12.5. The highest BCUT2D eigenvalue weighted by Gasteiger charge is 2.40. The monoisotopic (exact) mass is 283 g/mol. The zero-order chi connectivity index (χ0) is 15.3. The van der Waals surface area contributed by atoms with E-state index in [0.717, 1.165) is 32.6 Å². The van der Waals surface area contributed by atoms with Crippen LogP contribution in [-0.2, 0) is 4.79 Å². The molecule has 1 rings (SSSR count). The quantitative estimate of drug-likeness (QED) is 0.741. The van der Waals surface area contributed by atoms with Gasteiger partial charge in [-0.25, -0.2) is 0 Å². The zero-order valence-corrected chi connectivity index (χ0v) is 14.1. The van der Waals surface area contributed by atoms with Gasteiger partial charge in [0.05, 0.1) is 12.2 Å². The van der Waals surface area contributed by atoms with E-state index in [2.05, 4.69) is 56.7 Å². The average Bonchev–Trinajstić information content (AvgIpc) is 2.72. The van der Waals surface area contributed by atoms with E-state index in [9.17, 15) is 4.79 Å². The Balaban J connectivity index is 2.58. The van der Waals surface area contributed by atoms with Crippen LogP contribution in [-0.4, -0.2) is 54.1 Å². The van der Waals surface area contributed by atoms with Gasteiger partial charge in [0.2, 0.25) is 5.91 Å². The summed E-state index contributed by atoms with van der Waals surface area (Å²) in [6.45, 7) is 17.1. The van der Waals surface area contributed by atoms with E-state index in [1.165, 1.54) is 0 Å². The molecule has 4 heteroatoms. The first-order chi connectivity index (χ1) is 9.42. The Kier molecular flexibility index (Phi) is 6.96. The summed E-state index contributed by atoms with van der Waals surface area (Å²) in [5, 5.41) is 3.52. The summed E-state index contributed by atoms with van der Waals surface area (Å²) in [5.74, 6) is 1.10. The van der Waals surface area contributed by atoms with Crippen molar-refractivity contribution in [3.63, 3.8) is 0 Å². The Morgan fingerprint density at radius 2 is 1.75 bits per heavy atom. The molecule has 0 aromatic carbocycles. The molecule has 0 bridgehead atoms. The van der Waals surface area contributed by atoms with Crippen LogP contribution >= 0.6 is 0 Å². The molecule has 0 spiro atoms. The van der Waals surface area contributed by atoms with Crippen molar-refractivity contribution in [3.8, 4) is 0 Å². The molecule has 2 unspecified atom stereocenters. The number of carbonyl (C=O) groups excluding carboxylic acids is 1. The summed E-state index contributed by atoms with van der Waals surface area (Å²) in [6, 6.07) is -0.00384. The van der Waals surface area contributed by atoms with Gasteiger partial charge in [-0.1, -0.05) is 41.5 Å². The predicted octanol–water partition coefficient (Wildman–Crippen LogP) is 2.16. The molecule has 1 fully saturated rings. The molecule has 1 heterocycles. The Labute approximate surface area is 124 Å². The Morgan fingerprint density at radius 3 is 2.20 bits per heavy atom. The number of rotatable bonds is 8. The van der Waals surface area contributed by atoms with Crippen LogP contribution in [0.15, 0.2) is 0 Å². The van der Waals surface area contributed by atoms with Crippen molar-refractivity contribution in [2.75, 3.05) is 26.2 Å². The summed E-state index contributed by atoms with van der Waals surface area (Å²) in [5.41, 5.74) is 0. The van der Waals surface area contributed by atoms with E-state index >= 15 is 0 Å². The van der Waals surface area contributed by atoms with Gasteiger partial charge in [0.15, 0.2) is 0 Å². The van der Waals surface area contributed by atoms with Gasteiger partial charge >= 0.3 is 0 Å². The first kappa shape index (κ1) is 17.4. The highest BCUT2D eigenvalue weighted by molar-refractivity contribution is 5.84. The highest BCUT2D eigenvalue weighted by Crippen LogP contribution is 2.21. The van der Waals surface area contributed by atoms with E-state index in [1.54, 1.807) is 0 Å². The highest BCUT2D eigenvalue weighted by atomic mass is 16.2. The summed E-state index contributed by atoms with van der Waals surface area (Å²) >= 11 is 0. The fourth-order valence-electron chi connectivity index (χ4n) is 2.94. The van der Waals surface area contributed by atoms with Crippen LogP contribution in [0.25, 0.3) is 0 Å². The van der Waals surface area contributed by atoms with Crippen LogP contribution in [0, 0.1) is 11.8 Å². The number of hydrogen-bond acceptors (Lipinski definition) is 3. The molecule has 1 amide bonds. The number of amides is 1. The molecule has 2 atom stereocenters. The third-order valence-corrected chi connectivity index (χ3v) is 4.30. The third kappa shape index (κ3) is 4.19. The van der Waals surface area contributed by atoms with E-state index in [4.69, 9.17) is 0 Å². The standard InChI is InChI=1S/C16H33N3O/c1-7-18(8-2)10-9-11-19-15(13(5)6)17-14(12(3)4)16(19)20/h12-15,17H,7-11H2,1-6H3. The molecule has 1 aliphatic rings. The second-order valence-electron chi connectivity index (χ2n) is 6.49. The number of hydrogen-bond donors (Lipinski definition) is 1. The number of nitrogens with one attached hydrogen (secondary N) is 1. The minimum Gasteiger partial charge on any atom is -0.325 e. The van der Waals surface area contributed by atoms with E-state index in [-0.39, 0.29) is 12.2 Å². The van der Waals surface area contributed by atoms with Crippen molar-refractivity contribution in [1.29, 1.82) is 0 Å². The van der Waals surface area contributed by atoms with Crippen molar-refractivity contribution < 1.29 is 4.79 Å². The second-order valence-corrected chi connectivity index (χ2v) is 6.49. The lowest BCUT2D eigenvalue weighted by molar-refractivity contribution is -0.131. The predicted molar refractivity (Wildman–Crippen MR) is 84.5 cm³/mol. The average molecular weight is 283 g/mol. The summed E-state index contributed by atoms with van der Waals surface area (Å²) < 4.78 is 0. The molecule has 0 saturated carbocycles. The lowest BCUT2D eigenvalue weighted by atomic mass is 10.0. The number of carbonyl (C=O) groups is 1. The number of nitrogens with zero attached hydrogens (tertiary/aromatic N) is 2. The van der Waals surface area contributed by atoms with Gasteiger partial charge in [-0.3, -0.25) is 10.1 Å². The summed E-state index contributed by atoms with van der Waals surface area (Å²) in [7, 11) is 0. The molecular formula is C16H33N3O. The van der Waals surface area contributed by atoms with Crippen molar-refractivity contribution in [1.82, 2.24) is 15.1 Å². The molecule has 4 nitrogen and oxygen atoms in total. The Hall–Kier alpha value is -0.610. The summed E-state index contributed by atoms with van der Waals surface area (Å²) in [4.78, 5) is 17.0. The van der Waals surface area contributed by atoms with E-state index in [0.29, 0.717) is 17.7 Å². The van der Waals surface area contributed by atoms with Gasteiger partial charge in [-0.2, -0.15) is 0 Å². The largest absolute Gasteiger partial charge is 0.325 e. The first-order valence-corrected chi connectivity index (χ1v) is 8.21. The maximum atomic E-state index is 12.5. The minimum absolute atomic E-state index is 0.00384. The fourth-order valence-corrected chi connectivity index (χ4v) is 2.94. The van der Waals surface area contributed by atoms with Crippen LogP contribution in [0.2, 0.25) is 0 Å². The van der Waals surface area contributed by atoms with Gasteiger partial charge in [-0.15, -0.1) is 0 Å². The van der Waals surface area contributed by atoms with E-state index < -0.39 is 0 Å². The Bertz CT molecular complexity index is 300. The van der Waals surface area contributed by atoms with Crippen LogP contribution < -0.4 is 5.32 Å². The SMILES string of the molecule is CCN(CC)CCCN1C(=O)C(C(C)C)NC1C(C)C. The van der Waals surface area contributed by atoms with Crippen molar-refractivity contribution in [3.05, 3.63) is 0 Å². The van der Waals surface area contributed by atoms with Gasteiger partial charge in [0, 0.05) is 6.54 Å². The first-order valence-electron chi connectivity index (χ1n) is 8.21. The van der Waals surface area contributed by atoms with Crippen LogP contribution in [0.5, 0.6) is 0 Å². The molecule has 1 saturated heterocycles. The van der Waals surface area contributed by atoms with Crippen LogP contribution in [0.1, 0.15) is 48.0 Å². The molecule has 118 valence electrons. The van der Waals surface area contributed by atoms with E-state index in [1.807, 2.05) is 0 Å². The fraction of sp³-hybridized carbons (Fsp3) is 0.938. The van der Waals surface area contributed by atoms with Gasteiger partial charge in [0.1, 0.15) is 0 Å². The third-order valence-electron chi connectivity index (χ3n) is 4.30. The Morgan fingerprint density at radius 1 is 1.15 bits per heavy atom.